The summed E-state index contributed by atoms with van der Waals surface area (Å²) in [6.07, 6.45) is 0. The SMILES string of the molecule is CC(C)C[Si]1(CC(C)C)O[Si]2(O[Si](C)(C)C(C)(C)C)O[Si](CC(C)C)(CC(C)C)O[Si](O[Si](C)(C)C(C)(C)C)(O1)O[Si](CC(C)C)(CC(C)C)O2. The summed E-state index contributed by atoms with van der Waals surface area (Å²) in [6, 6.07) is 4.51. The third-order valence-corrected chi connectivity index (χ3v) is 47.4. The van der Waals surface area contributed by atoms with Gasteiger partial charge in [0.2, 0.25) is 0 Å². The molecule has 0 aromatic heterocycles. The fourth-order valence-corrected chi connectivity index (χ4v) is 45.6. The minimum absolute atomic E-state index is 0.108. The first-order chi connectivity index (χ1) is 22.7. The van der Waals surface area contributed by atoms with E-state index in [1.807, 2.05) is 0 Å². The maximum Gasteiger partial charge on any atom is 0.641 e. The second-order valence-corrected chi connectivity index (χ2v) is 47.1. The van der Waals surface area contributed by atoms with E-state index in [4.69, 9.17) is 32.9 Å². The lowest BCUT2D eigenvalue weighted by molar-refractivity contribution is 0.0135. The van der Waals surface area contributed by atoms with Gasteiger partial charge < -0.3 is 32.9 Å². The van der Waals surface area contributed by atoms with Crippen LogP contribution in [0.15, 0.2) is 0 Å². The highest BCUT2D eigenvalue weighted by molar-refractivity contribution is 6.99. The molecule has 0 spiro atoms. The van der Waals surface area contributed by atoms with E-state index in [0.29, 0.717) is 35.5 Å². The van der Waals surface area contributed by atoms with E-state index in [0.717, 1.165) is 36.3 Å². The Kier molecular flexibility index (Phi) is 16.1. The summed E-state index contributed by atoms with van der Waals surface area (Å²) >= 11 is 0. The summed E-state index contributed by atoms with van der Waals surface area (Å²) in [5.41, 5.74) is 0. The van der Waals surface area contributed by atoms with Crippen molar-refractivity contribution in [2.45, 2.75) is 197 Å². The molecule has 3 fully saturated rings. The van der Waals surface area contributed by atoms with Crippen LogP contribution >= 0.6 is 0 Å². The lowest BCUT2D eigenvalue weighted by atomic mass is 10.2. The average molecular weight is 842 g/mol. The van der Waals surface area contributed by atoms with Crippen LogP contribution in [0.2, 0.25) is 72.5 Å². The Hall–Kier alpha value is 1.20. The van der Waals surface area contributed by atoms with Crippen molar-refractivity contribution < 1.29 is 32.9 Å². The fraction of sp³-hybridized carbons (Fsp3) is 1.00. The van der Waals surface area contributed by atoms with Crippen molar-refractivity contribution in [3.05, 3.63) is 0 Å². The van der Waals surface area contributed by atoms with Crippen molar-refractivity contribution >= 4 is 60.4 Å². The van der Waals surface area contributed by atoms with E-state index in [2.05, 4.69) is 151 Å². The quantitative estimate of drug-likeness (QED) is 0.142. The summed E-state index contributed by atoms with van der Waals surface area (Å²) in [7, 11) is -23.1. The van der Waals surface area contributed by atoms with Crippen LogP contribution in [0.25, 0.3) is 0 Å². The topological polar surface area (TPSA) is 73.8 Å². The van der Waals surface area contributed by atoms with Crippen LogP contribution in [0.3, 0.4) is 0 Å². The van der Waals surface area contributed by atoms with Crippen molar-refractivity contribution in [3.8, 4) is 0 Å². The molecule has 0 aromatic rings. The van der Waals surface area contributed by atoms with Gasteiger partial charge in [-0.15, -0.1) is 0 Å². The lowest BCUT2D eigenvalue weighted by Gasteiger charge is -2.59. The van der Waals surface area contributed by atoms with E-state index in [-0.39, 0.29) is 10.1 Å². The van der Waals surface area contributed by atoms with Gasteiger partial charge in [0.1, 0.15) is 0 Å². The highest BCUT2D eigenvalue weighted by Crippen LogP contribution is 2.52. The summed E-state index contributed by atoms with van der Waals surface area (Å²) in [5.74, 6) is 1.81. The maximum absolute atomic E-state index is 7.96. The van der Waals surface area contributed by atoms with Crippen molar-refractivity contribution in [1.29, 1.82) is 0 Å². The van der Waals surface area contributed by atoms with Crippen molar-refractivity contribution in [1.82, 2.24) is 0 Å². The van der Waals surface area contributed by atoms with Gasteiger partial charge in [-0.2, -0.15) is 0 Å². The monoisotopic (exact) mass is 840 g/mol. The molecule has 2 bridgehead atoms. The minimum atomic E-state index is -4.06. The third kappa shape index (κ3) is 13.1. The molecule has 3 heterocycles. The van der Waals surface area contributed by atoms with Crippen LogP contribution in [0.1, 0.15) is 125 Å². The van der Waals surface area contributed by atoms with Gasteiger partial charge in [0.25, 0.3) is 0 Å². The molecule has 51 heavy (non-hydrogen) atoms. The zero-order valence-electron chi connectivity index (χ0n) is 37.5. The maximum atomic E-state index is 7.96. The Morgan fingerprint density at radius 1 is 0.373 bits per heavy atom. The summed E-state index contributed by atoms with van der Waals surface area (Å²) in [5, 5.41) is -0.216. The van der Waals surface area contributed by atoms with Crippen LogP contribution in [-0.4, -0.2) is 60.4 Å². The minimum Gasteiger partial charge on any atom is -0.395 e. The van der Waals surface area contributed by atoms with Crippen LogP contribution in [0, 0.1) is 35.5 Å². The fourth-order valence-electron chi connectivity index (χ4n) is 7.09. The molecular formula is C36H84O8Si7. The van der Waals surface area contributed by atoms with Gasteiger partial charge in [0.15, 0.2) is 16.6 Å². The molecule has 304 valence electrons. The van der Waals surface area contributed by atoms with E-state index in [1.54, 1.807) is 0 Å². The average Bonchev–Trinajstić information content (AvgIpc) is 2.76. The molecule has 0 aliphatic carbocycles. The van der Waals surface area contributed by atoms with Gasteiger partial charge in [0.05, 0.1) is 0 Å². The van der Waals surface area contributed by atoms with Crippen molar-refractivity contribution in [3.63, 3.8) is 0 Å². The molecular weight excluding hydrogens is 757 g/mol. The first kappa shape index (κ1) is 48.3. The highest BCUT2D eigenvalue weighted by atomic mass is 28.6. The molecule has 0 saturated carbocycles. The molecule has 0 atom stereocenters. The van der Waals surface area contributed by atoms with Gasteiger partial charge in [-0.25, -0.2) is 0 Å². The zero-order chi connectivity index (χ0) is 39.9. The molecule has 3 saturated heterocycles. The van der Waals surface area contributed by atoms with E-state index >= 15 is 0 Å². The molecule has 0 aromatic carbocycles. The smallest absolute Gasteiger partial charge is 0.395 e. The van der Waals surface area contributed by atoms with Crippen LogP contribution in [0.4, 0.5) is 0 Å². The largest absolute Gasteiger partial charge is 0.641 e. The molecule has 15 heteroatoms. The molecule has 3 rings (SSSR count). The van der Waals surface area contributed by atoms with E-state index < -0.39 is 60.4 Å². The molecule has 8 nitrogen and oxygen atoms in total. The Morgan fingerprint density at radius 3 is 0.647 bits per heavy atom. The second-order valence-electron chi connectivity index (χ2n) is 21.7. The van der Waals surface area contributed by atoms with Crippen LogP contribution < -0.4 is 0 Å². The first-order valence-corrected chi connectivity index (χ1v) is 36.0. The number of hydrogen-bond acceptors (Lipinski definition) is 8. The van der Waals surface area contributed by atoms with Gasteiger partial charge in [-0.1, -0.05) is 125 Å². The third-order valence-electron chi connectivity index (χ3n) is 10.6. The van der Waals surface area contributed by atoms with Crippen molar-refractivity contribution in [2.24, 2.45) is 35.5 Å². The zero-order valence-corrected chi connectivity index (χ0v) is 44.5. The van der Waals surface area contributed by atoms with Gasteiger partial charge >= 0.3 is 43.8 Å². The van der Waals surface area contributed by atoms with Gasteiger partial charge in [-0.3, -0.25) is 0 Å². The van der Waals surface area contributed by atoms with E-state index in [9.17, 15) is 0 Å². The number of fused-ring (bicyclic) bond motifs is 6. The number of hydrogen-bond donors (Lipinski definition) is 0. The molecule has 0 unspecified atom stereocenters. The normalized spacial score (nSPS) is 26.1. The number of rotatable bonds is 16. The molecule has 0 N–H and O–H groups in total. The summed E-state index contributed by atoms with van der Waals surface area (Å²) in [4.78, 5) is 0. The predicted molar refractivity (Wildman–Crippen MR) is 230 cm³/mol. The van der Waals surface area contributed by atoms with Gasteiger partial charge in [0, 0.05) is 0 Å². The standard InChI is InChI=1S/C36H84O8Si7/c1-29(2)23-47(24-30(3)4)39-50(37-45(19,20)35(13,14)15)41-48(25-31(5)6,26-32(7)8)42-51(40-47,38-46(21,22)36(16,17)18)44-49(43-50,27-33(9)10)28-34(11)12/h29-34H,23-28H2,1-22H3. The molecule has 3 aliphatic rings. The highest BCUT2D eigenvalue weighted by Gasteiger charge is 2.76. The lowest BCUT2D eigenvalue weighted by Crippen LogP contribution is -2.82. The van der Waals surface area contributed by atoms with E-state index in [1.165, 1.54) is 0 Å². The van der Waals surface area contributed by atoms with Crippen LogP contribution in [-0.2, 0) is 32.9 Å². The second kappa shape index (κ2) is 17.0. The Labute approximate surface area is 324 Å². The van der Waals surface area contributed by atoms with Crippen molar-refractivity contribution in [2.75, 3.05) is 0 Å². The summed E-state index contributed by atoms with van der Waals surface area (Å²) in [6.45, 7) is 50.1. The Bertz CT molecular complexity index is 939. The molecule has 3 aliphatic heterocycles. The molecule has 0 amide bonds. The summed E-state index contributed by atoms with van der Waals surface area (Å²) < 4.78 is 63.2. The Balaban J connectivity index is 3.32. The predicted octanol–water partition coefficient (Wildman–Crippen LogP) is 12.3. The van der Waals surface area contributed by atoms with Gasteiger partial charge in [-0.05, 0) is 108 Å². The van der Waals surface area contributed by atoms with Crippen LogP contribution in [0.5, 0.6) is 0 Å². The Morgan fingerprint density at radius 2 is 0.529 bits per heavy atom. The molecule has 0 radical (unpaired) electrons. The first-order valence-electron chi connectivity index (χ1n) is 20.3.